The van der Waals surface area contributed by atoms with Gasteiger partial charge in [-0.2, -0.15) is 0 Å². The molecule has 1 aromatic heterocycles. The summed E-state index contributed by atoms with van der Waals surface area (Å²) in [5.41, 5.74) is 1.87. The Balaban J connectivity index is 1.89. The van der Waals surface area contributed by atoms with Crippen LogP contribution in [0.4, 0.5) is 10.1 Å². The van der Waals surface area contributed by atoms with E-state index in [1.165, 1.54) is 17.7 Å². The Hall–Kier alpha value is -1.72. The van der Waals surface area contributed by atoms with Crippen LogP contribution in [0.5, 0.6) is 0 Å². The van der Waals surface area contributed by atoms with Crippen molar-refractivity contribution in [3.63, 3.8) is 0 Å². The van der Waals surface area contributed by atoms with Gasteiger partial charge in [0.2, 0.25) is 0 Å². The summed E-state index contributed by atoms with van der Waals surface area (Å²) in [7, 11) is 1.90. The second kappa shape index (κ2) is 7.33. The van der Waals surface area contributed by atoms with Gasteiger partial charge in [0, 0.05) is 31.7 Å². The van der Waals surface area contributed by atoms with Crippen LogP contribution in [0, 0.1) is 5.82 Å². The van der Waals surface area contributed by atoms with Gasteiger partial charge in [-0.15, -0.1) is 0 Å². The smallest absolute Gasteiger partial charge is 0.173 e. The number of pyridine rings is 1. The molecule has 0 bridgehead atoms. The summed E-state index contributed by atoms with van der Waals surface area (Å²) in [5.74, 6) is -0.445. The molecule has 110 valence electrons. The molecule has 0 unspecified atom stereocenters. The van der Waals surface area contributed by atoms with E-state index in [9.17, 15) is 4.39 Å². The maximum absolute atomic E-state index is 13.1. The Morgan fingerprint density at radius 1 is 1.33 bits per heavy atom. The third-order valence-corrected chi connectivity index (χ3v) is 3.71. The Bertz CT molecular complexity index is 622. The lowest BCUT2D eigenvalue weighted by molar-refractivity contribution is 0.515. The van der Waals surface area contributed by atoms with E-state index >= 15 is 0 Å². The van der Waals surface area contributed by atoms with Crippen molar-refractivity contribution in [2.24, 2.45) is 0 Å². The molecule has 0 radical (unpaired) electrons. The lowest BCUT2D eigenvalue weighted by atomic mass is 10.2. The van der Waals surface area contributed by atoms with Crippen LogP contribution in [0.15, 0.2) is 42.7 Å². The molecule has 2 aromatic rings. The lowest BCUT2D eigenvalue weighted by Gasteiger charge is -2.21. The minimum atomic E-state index is -0.445. The van der Waals surface area contributed by atoms with Crippen molar-refractivity contribution >= 4 is 34.6 Å². The Kier molecular flexibility index (Phi) is 5.47. The molecule has 0 saturated carbocycles. The number of rotatable bonds is 4. The van der Waals surface area contributed by atoms with Crippen LogP contribution < -0.4 is 5.32 Å². The molecule has 1 aromatic carbocycles. The molecule has 0 saturated heterocycles. The third kappa shape index (κ3) is 4.65. The van der Waals surface area contributed by atoms with E-state index < -0.39 is 5.82 Å². The largest absolute Gasteiger partial charge is 0.352 e. The minimum absolute atomic E-state index is 0.0715. The number of halogens is 2. The normalized spacial score (nSPS) is 10.2. The molecule has 6 heteroatoms. The van der Waals surface area contributed by atoms with E-state index in [1.54, 1.807) is 18.5 Å². The van der Waals surface area contributed by atoms with E-state index in [0.717, 1.165) is 13.0 Å². The highest BCUT2D eigenvalue weighted by Crippen LogP contribution is 2.19. The van der Waals surface area contributed by atoms with Crippen LogP contribution >= 0.6 is 23.8 Å². The number of anilines is 1. The van der Waals surface area contributed by atoms with E-state index in [0.29, 0.717) is 10.8 Å². The van der Waals surface area contributed by atoms with Gasteiger partial charge in [0.15, 0.2) is 5.11 Å². The fourth-order valence-electron chi connectivity index (χ4n) is 1.74. The lowest BCUT2D eigenvalue weighted by Crippen LogP contribution is -2.32. The third-order valence-electron chi connectivity index (χ3n) is 3.00. The fraction of sp³-hybridized carbons (Fsp3) is 0.200. The molecular formula is C15H15ClFN3S. The summed E-state index contributed by atoms with van der Waals surface area (Å²) in [5, 5.41) is 3.67. The summed E-state index contributed by atoms with van der Waals surface area (Å²) in [6.07, 6.45) is 4.41. The molecule has 1 heterocycles. The van der Waals surface area contributed by atoms with Crippen molar-refractivity contribution in [2.45, 2.75) is 6.42 Å². The standard InChI is InChI=1S/C15H15ClFN3S/c1-20(9-6-11-4-7-18-8-5-11)15(21)19-12-2-3-14(17)13(16)10-12/h2-5,7-8,10H,6,9H2,1H3,(H,19,21). The second-order valence-electron chi connectivity index (χ2n) is 4.59. The molecule has 0 spiro atoms. The zero-order chi connectivity index (χ0) is 15.2. The Morgan fingerprint density at radius 3 is 2.71 bits per heavy atom. The predicted molar refractivity (Wildman–Crippen MR) is 88.2 cm³/mol. The Labute approximate surface area is 133 Å². The topological polar surface area (TPSA) is 28.2 Å². The van der Waals surface area contributed by atoms with Crippen LogP contribution in [0.1, 0.15) is 5.56 Å². The van der Waals surface area contributed by atoms with Crippen molar-refractivity contribution in [2.75, 3.05) is 18.9 Å². The first-order valence-corrected chi connectivity index (χ1v) is 7.21. The number of nitrogens with one attached hydrogen (secondary N) is 1. The second-order valence-corrected chi connectivity index (χ2v) is 5.38. The summed E-state index contributed by atoms with van der Waals surface area (Å²) < 4.78 is 13.1. The highest BCUT2D eigenvalue weighted by Gasteiger charge is 2.07. The maximum atomic E-state index is 13.1. The molecular weight excluding hydrogens is 309 g/mol. The van der Waals surface area contributed by atoms with Gasteiger partial charge in [0.1, 0.15) is 5.82 Å². The van der Waals surface area contributed by atoms with E-state index in [1.807, 2.05) is 24.1 Å². The van der Waals surface area contributed by atoms with Gasteiger partial charge in [0.25, 0.3) is 0 Å². The first-order valence-electron chi connectivity index (χ1n) is 6.42. The highest BCUT2D eigenvalue weighted by molar-refractivity contribution is 7.80. The number of benzene rings is 1. The highest BCUT2D eigenvalue weighted by atomic mass is 35.5. The van der Waals surface area contributed by atoms with Crippen LogP contribution in [0.2, 0.25) is 5.02 Å². The molecule has 0 aliphatic carbocycles. The molecule has 0 amide bonds. The van der Waals surface area contributed by atoms with Crippen molar-refractivity contribution in [1.82, 2.24) is 9.88 Å². The number of hydrogen-bond donors (Lipinski definition) is 1. The molecule has 0 atom stereocenters. The van der Waals surface area contributed by atoms with Gasteiger partial charge >= 0.3 is 0 Å². The van der Waals surface area contributed by atoms with Crippen molar-refractivity contribution < 1.29 is 4.39 Å². The molecule has 21 heavy (non-hydrogen) atoms. The van der Waals surface area contributed by atoms with Gasteiger partial charge in [-0.25, -0.2) is 4.39 Å². The average molecular weight is 324 g/mol. The van der Waals surface area contributed by atoms with Crippen LogP contribution in [0.25, 0.3) is 0 Å². The van der Waals surface area contributed by atoms with Gasteiger partial charge < -0.3 is 10.2 Å². The van der Waals surface area contributed by atoms with Gasteiger partial charge in [-0.1, -0.05) is 11.6 Å². The molecule has 2 rings (SSSR count). The average Bonchev–Trinajstić information content (AvgIpc) is 2.49. The molecule has 0 fully saturated rings. The maximum Gasteiger partial charge on any atom is 0.173 e. The van der Waals surface area contributed by atoms with E-state index in [-0.39, 0.29) is 5.02 Å². The Morgan fingerprint density at radius 2 is 2.05 bits per heavy atom. The monoisotopic (exact) mass is 323 g/mol. The van der Waals surface area contributed by atoms with E-state index in [4.69, 9.17) is 23.8 Å². The van der Waals surface area contributed by atoms with Crippen LogP contribution in [-0.2, 0) is 6.42 Å². The summed E-state index contributed by atoms with van der Waals surface area (Å²) in [4.78, 5) is 5.91. The quantitative estimate of drug-likeness (QED) is 0.867. The number of aromatic nitrogens is 1. The van der Waals surface area contributed by atoms with Gasteiger partial charge in [-0.3, -0.25) is 4.98 Å². The number of hydrogen-bond acceptors (Lipinski definition) is 2. The number of likely N-dealkylation sites (N-methyl/N-ethyl adjacent to an activating group) is 1. The zero-order valence-corrected chi connectivity index (χ0v) is 13.1. The molecule has 0 aliphatic rings. The van der Waals surface area contributed by atoms with Crippen molar-refractivity contribution in [3.05, 3.63) is 59.1 Å². The summed E-state index contributed by atoms with van der Waals surface area (Å²) in [6, 6.07) is 8.38. The van der Waals surface area contributed by atoms with Crippen molar-refractivity contribution in [1.29, 1.82) is 0 Å². The summed E-state index contributed by atoms with van der Waals surface area (Å²) in [6.45, 7) is 0.769. The number of thiocarbonyl (C=S) groups is 1. The van der Waals surface area contributed by atoms with Crippen LogP contribution in [-0.4, -0.2) is 28.6 Å². The fourth-order valence-corrected chi connectivity index (χ4v) is 2.13. The molecule has 1 N–H and O–H groups in total. The molecule has 0 aliphatic heterocycles. The number of nitrogens with zero attached hydrogens (tertiary/aromatic N) is 2. The summed E-state index contributed by atoms with van der Waals surface area (Å²) >= 11 is 11.1. The zero-order valence-electron chi connectivity index (χ0n) is 11.5. The van der Waals surface area contributed by atoms with Gasteiger partial charge in [-0.05, 0) is 54.5 Å². The SMILES string of the molecule is CN(CCc1ccncc1)C(=S)Nc1ccc(F)c(Cl)c1. The predicted octanol–water partition coefficient (Wildman–Crippen LogP) is 3.75. The van der Waals surface area contributed by atoms with Crippen molar-refractivity contribution in [3.8, 4) is 0 Å². The first kappa shape index (κ1) is 15.7. The van der Waals surface area contributed by atoms with E-state index in [2.05, 4.69) is 10.3 Å². The molecule has 3 nitrogen and oxygen atoms in total. The van der Waals surface area contributed by atoms with Crippen LogP contribution in [0.3, 0.4) is 0 Å². The minimum Gasteiger partial charge on any atom is -0.352 e. The first-order chi connectivity index (χ1) is 10.1. The van der Waals surface area contributed by atoms with Gasteiger partial charge in [0.05, 0.1) is 5.02 Å².